The van der Waals surface area contributed by atoms with Crippen molar-refractivity contribution in [1.82, 2.24) is 0 Å². The fourth-order valence-corrected chi connectivity index (χ4v) is 5.24. The van der Waals surface area contributed by atoms with Crippen LogP contribution in [0, 0.1) is 13.8 Å². The fourth-order valence-electron chi connectivity index (χ4n) is 4.74. The first-order valence-corrected chi connectivity index (χ1v) is 12.4. The maximum Gasteiger partial charge on any atom is 0.258 e. The van der Waals surface area contributed by atoms with Gasteiger partial charge < -0.3 is 10.2 Å². The topological polar surface area (TPSA) is 49.4 Å². The van der Waals surface area contributed by atoms with Crippen molar-refractivity contribution >= 4 is 46.4 Å². The highest BCUT2D eigenvalue weighted by molar-refractivity contribution is 6.37. The van der Waals surface area contributed by atoms with E-state index in [1.54, 1.807) is 12.1 Å². The number of rotatable bonds is 3. The van der Waals surface area contributed by atoms with Crippen LogP contribution in [0.4, 0.5) is 11.4 Å². The van der Waals surface area contributed by atoms with Crippen LogP contribution in [0.25, 0.3) is 0 Å². The summed E-state index contributed by atoms with van der Waals surface area (Å²) in [4.78, 5) is 28.6. The van der Waals surface area contributed by atoms with Gasteiger partial charge in [0.15, 0.2) is 0 Å². The summed E-state index contributed by atoms with van der Waals surface area (Å²) in [6, 6.07) is 24.7. The molecule has 0 bridgehead atoms. The fraction of sp³-hybridized carbons (Fsp3) is 0.133. The van der Waals surface area contributed by atoms with Crippen LogP contribution in [-0.2, 0) is 13.0 Å². The number of halogens is 2. The van der Waals surface area contributed by atoms with E-state index in [1.807, 2.05) is 61.2 Å². The van der Waals surface area contributed by atoms with Gasteiger partial charge >= 0.3 is 0 Å². The normalized spacial score (nSPS) is 12.4. The van der Waals surface area contributed by atoms with Crippen LogP contribution in [0.15, 0.2) is 78.9 Å². The molecule has 6 heteroatoms. The zero-order valence-corrected chi connectivity index (χ0v) is 21.5. The standard InChI is InChI=1S/C30H24Cl2N2O2/c1-18-13-23(14-19(2)28(18)33-29(35)25-12-11-24(31)16-26(25)32)30(36)34-17-22-9-4-3-7-20(22)15-21-8-5-6-10-27(21)34/h3-14,16H,15,17H2,1-2H3,(H,33,35). The molecule has 0 spiro atoms. The van der Waals surface area contributed by atoms with E-state index in [0.717, 1.165) is 34.4 Å². The first-order valence-electron chi connectivity index (χ1n) is 11.7. The second-order valence-corrected chi connectivity index (χ2v) is 9.87. The van der Waals surface area contributed by atoms with Crippen LogP contribution in [0.3, 0.4) is 0 Å². The molecule has 0 aliphatic carbocycles. The Morgan fingerprint density at radius 1 is 0.806 bits per heavy atom. The minimum atomic E-state index is -0.333. The second-order valence-electron chi connectivity index (χ2n) is 9.03. The number of anilines is 2. The van der Waals surface area contributed by atoms with Crippen molar-refractivity contribution in [3.8, 4) is 0 Å². The SMILES string of the molecule is Cc1cc(C(=O)N2Cc3ccccc3Cc3ccccc32)cc(C)c1NC(=O)c1ccc(Cl)cc1Cl. The Morgan fingerprint density at radius 3 is 2.14 bits per heavy atom. The van der Waals surface area contributed by atoms with Crippen molar-refractivity contribution in [1.29, 1.82) is 0 Å². The number of nitrogens with one attached hydrogen (secondary N) is 1. The summed E-state index contributed by atoms with van der Waals surface area (Å²) in [6.45, 7) is 4.26. The molecule has 0 atom stereocenters. The van der Waals surface area contributed by atoms with Crippen LogP contribution in [0.2, 0.25) is 10.0 Å². The molecule has 5 rings (SSSR count). The summed E-state index contributed by atoms with van der Waals surface area (Å²) in [7, 11) is 0. The minimum absolute atomic E-state index is 0.0797. The first-order chi connectivity index (χ1) is 17.3. The van der Waals surface area contributed by atoms with Gasteiger partial charge in [0.05, 0.1) is 17.1 Å². The third-order valence-electron chi connectivity index (χ3n) is 6.55. The van der Waals surface area contributed by atoms with Gasteiger partial charge in [-0.15, -0.1) is 0 Å². The van der Waals surface area contributed by atoms with Crippen molar-refractivity contribution < 1.29 is 9.59 Å². The van der Waals surface area contributed by atoms with Crippen molar-refractivity contribution in [3.05, 3.63) is 128 Å². The first kappa shape index (κ1) is 24.1. The van der Waals surface area contributed by atoms with Crippen molar-refractivity contribution in [2.45, 2.75) is 26.8 Å². The summed E-state index contributed by atoms with van der Waals surface area (Å²) in [6.07, 6.45) is 0.784. The summed E-state index contributed by atoms with van der Waals surface area (Å²) >= 11 is 12.2. The summed E-state index contributed by atoms with van der Waals surface area (Å²) in [5, 5.41) is 3.69. The summed E-state index contributed by atoms with van der Waals surface area (Å²) in [5.41, 5.74) is 7.55. The molecular weight excluding hydrogens is 491 g/mol. The lowest BCUT2D eigenvalue weighted by atomic mass is 10.0. The molecule has 0 radical (unpaired) electrons. The van der Waals surface area contributed by atoms with Crippen LogP contribution >= 0.6 is 23.2 Å². The molecule has 0 saturated carbocycles. The Kier molecular flexibility index (Phi) is 6.57. The highest BCUT2D eigenvalue weighted by atomic mass is 35.5. The van der Waals surface area contributed by atoms with E-state index in [1.165, 1.54) is 11.6 Å². The van der Waals surface area contributed by atoms with E-state index in [4.69, 9.17) is 23.2 Å². The largest absolute Gasteiger partial charge is 0.321 e. The Labute approximate surface area is 220 Å². The highest BCUT2D eigenvalue weighted by Crippen LogP contribution is 2.33. The molecule has 2 amide bonds. The predicted octanol–water partition coefficient (Wildman–Crippen LogP) is 7.61. The molecule has 0 saturated heterocycles. The van der Waals surface area contributed by atoms with Crippen LogP contribution in [0.5, 0.6) is 0 Å². The van der Waals surface area contributed by atoms with Crippen molar-refractivity contribution in [2.24, 2.45) is 0 Å². The van der Waals surface area contributed by atoms with Crippen LogP contribution in [-0.4, -0.2) is 11.8 Å². The van der Waals surface area contributed by atoms with Gasteiger partial charge in [0, 0.05) is 22.0 Å². The van der Waals surface area contributed by atoms with Crippen molar-refractivity contribution in [3.63, 3.8) is 0 Å². The predicted molar refractivity (Wildman–Crippen MR) is 147 cm³/mol. The third-order valence-corrected chi connectivity index (χ3v) is 7.10. The number of carbonyl (C=O) groups excluding carboxylic acids is 2. The molecule has 1 aliphatic heterocycles. The van der Waals surface area contributed by atoms with E-state index in [0.29, 0.717) is 28.4 Å². The Morgan fingerprint density at radius 2 is 1.44 bits per heavy atom. The Hall–Kier alpha value is -3.60. The zero-order chi connectivity index (χ0) is 25.4. The molecule has 180 valence electrons. The van der Waals surface area contributed by atoms with Gasteiger partial charge in [-0.2, -0.15) is 0 Å². The molecule has 4 nitrogen and oxygen atoms in total. The average molecular weight is 515 g/mol. The molecule has 36 heavy (non-hydrogen) atoms. The number of amides is 2. The van der Waals surface area contributed by atoms with E-state index >= 15 is 0 Å². The number of nitrogens with zero attached hydrogens (tertiary/aromatic N) is 1. The zero-order valence-electron chi connectivity index (χ0n) is 19.9. The van der Waals surface area contributed by atoms with E-state index in [9.17, 15) is 9.59 Å². The smallest absolute Gasteiger partial charge is 0.258 e. The van der Waals surface area contributed by atoms with Gasteiger partial charge in [-0.25, -0.2) is 0 Å². The number of carbonyl (C=O) groups is 2. The Balaban J connectivity index is 1.47. The van der Waals surface area contributed by atoms with Gasteiger partial charge in [0.1, 0.15) is 0 Å². The molecule has 1 N–H and O–H groups in total. The van der Waals surface area contributed by atoms with Gasteiger partial charge in [-0.1, -0.05) is 65.7 Å². The second kappa shape index (κ2) is 9.81. The van der Waals surface area contributed by atoms with Gasteiger partial charge in [0.25, 0.3) is 11.8 Å². The maximum absolute atomic E-state index is 13.9. The number of hydrogen-bond acceptors (Lipinski definition) is 2. The van der Waals surface area contributed by atoms with E-state index in [-0.39, 0.29) is 16.8 Å². The summed E-state index contributed by atoms with van der Waals surface area (Å²) < 4.78 is 0. The van der Waals surface area contributed by atoms with E-state index < -0.39 is 0 Å². The number of para-hydroxylation sites is 1. The van der Waals surface area contributed by atoms with Gasteiger partial charge in [0.2, 0.25) is 0 Å². The molecular formula is C30H24Cl2N2O2. The monoisotopic (exact) mass is 514 g/mol. The van der Waals surface area contributed by atoms with Crippen molar-refractivity contribution in [2.75, 3.05) is 10.2 Å². The van der Waals surface area contributed by atoms with Gasteiger partial charge in [-0.3, -0.25) is 9.59 Å². The Bertz CT molecular complexity index is 1490. The maximum atomic E-state index is 13.9. The molecule has 0 fully saturated rings. The molecule has 0 aromatic heterocycles. The number of benzene rings is 4. The van der Waals surface area contributed by atoms with Gasteiger partial charge in [-0.05, 0) is 84.5 Å². The highest BCUT2D eigenvalue weighted by Gasteiger charge is 2.25. The van der Waals surface area contributed by atoms with E-state index in [2.05, 4.69) is 23.5 Å². The molecule has 4 aromatic carbocycles. The lowest BCUT2D eigenvalue weighted by Crippen LogP contribution is -2.30. The van der Waals surface area contributed by atoms with Crippen LogP contribution < -0.4 is 10.2 Å². The lowest BCUT2D eigenvalue weighted by molar-refractivity contribution is 0.0984. The quantitative estimate of drug-likeness (QED) is 0.305. The molecule has 0 unspecified atom stereocenters. The number of fused-ring (bicyclic) bond motifs is 2. The lowest BCUT2D eigenvalue weighted by Gasteiger charge is -2.24. The minimum Gasteiger partial charge on any atom is -0.321 e. The number of aryl methyl sites for hydroxylation is 2. The third kappa shape index (κ3) is 4.62. The number of hydrogen-bond donors (Lipinski definition) is 1. The molecule has 1 heterocycles. The average Bonchev–Trinajstić information content (AvgIpc) is 3.02. The molecule has 1 aliphatic rings. The van der Waals surface area contributed by atoms with Crippen LogP contribution in [0.1, 0.15) is 48.5 Å². The summed E-state index contributed by atoms with van der Waals surface area (Å²) in [5.74, 6) is -0.413. The molecule has 4 aromatic rings.